The molecule has 54 heavy (non-hydrogen) atoms. The Hall–Kier alpha value is -0.530. The van der Waals surface area contributed by atoms with Gasteiger partial charge in [-0.05, 0) is 12.8 Å². The van der Waals surface area contributed by atoms with Crippen LogP contribution in [0.4, 0.5) is 0 Å². The second-order valence-electron chi connectivity index (χ2n) is 18.2. The maximum absolute atomic E-state index is 11.8. The van der Waals surface area contributed by atoms with E-state index in [2.05, 4.69) is 13.8 Å². The Balaban J connectivity index is 3.27. The molecular formula is C52H104O2. The molecular weight excluding hydrogens is 657 g/mol. The average Bonchev–Trinajstić information content (AvgIpc) is 3.17. The molecule has 0 saturated carbocycles. The summed E-state index contributed by atoms with van der Waals surface area (Å²) in [4.78, 5) is 11.8. The minimum absolute atomic E-state index is 0.101. The molecule has 1 unspecified atom stereocenters. The number of unbranched alkanes of at least 4 members (excludes halogenated alkanes) is 44. The largest absolute Gasteiger partial charge is 0.481 e. The molecule has 0 heterocycles. The third kappa shape index (κ3) is 45.9. The molecule has 2 nitrogen and oxygen atoms in total. The van der Waals surface area contributed by atoms with E-state index >= 15 is 0 Å². The maximum atomic E-state index is 11.8. The van der Waals surface area contributed by atoms with E-state index in [1.165, 1.54) is 283 Å². The first-order valence-electron chi connectivity index (χ1n) is 25.9. The molecule has 0 aliphatic carbocycles. The summed E-state index contributed by atoms with van der Waals surface area (Å²) in [5.41, 5.74) is 0. The van der Waals surface area contributed by atoms with Gasteiger partial charge in [0.1, 0.15) is 0 Å². The Bertz CT molecular complexity index is 673. The highest BCUT2D eigenvalue weighted by molar-refractivity contribution is 5.69. The summed E-state index contributed by atoms with van der Waals surface area (Å²) in [6.45, 7) is 4.60. The summed E-state index contributed by atoms with van der Waals surface area (Å²) in [6, 6.07) is 0. The number of carboxylic acids is 1. The van der Waals surface area contributed by atoms with E-state index < -0.39 is 5.97 Å². The minimum atomic E-state index is -0.551. The third-order valence-electron chi connectivity index (χ3n) is 12.7. The lowest BCUT2D eigenvalue weighted by molar-refractivity contribution is -0.142. The summed E-state index contributed by atoms with van der Waals surface area (Å²) in [6.07, 6.45) is 66.6. The summed E-state index contributed by atoms with van der Waals surface area (Å²) < 4.78 is 0. The standard InChI is InChI=1S/C52H104O2/c1-3-5-7-9-11-13-15-17-19-20-21-22-23-24-25-26-27-28-29-30-31-32-33-34-35-36-38-40-42-44-46-48-50-51(52(53)54)49-47-45-43-41-39-37-18-16-14-12-10-8-6-4-2/h51H,3-50H2,1-2H3,(H,53,54). The molecule has 1 atom stereocenters. The van der Waals surface area contributed by atoms with Gasteiger partial charge in [0.05, 0.1) is 5.92 Å². The van der Waals surface area contributed by atoms with Gasteiger partial charge in [-0.3, -0.25) is 4.79 Å². The highest BCUT2D eigenvalue weighted by Gasteiger charge is 2.16. The first-order valence-corrected chi connectivity index (χ1v) is 25.9. The van der Waals surface area contributed by atoms with Crippen LogP contribution in [0.25, 0.3) is 0 Å². The Kier molecular flexibility index (Phi) is 48.1. The van der Waals surface area contributed by atoms with Crippen LogP contribution in [0.3, 0.4) is 0 Å². The molecule has 0 aromatic rings. The zero-order valence-corrected chi connectivity index (χ0v) is 37.9. The van der Waals surface area contributed by atoms with Crippen molar-refractivity contribution in [3.63, 3.8) is 0 Å². The normalized spacial score (nSPS) is 12.2. The average molecular weight is 761 g/mol. The molecule has 0 aliphatic rings. The first-order chi connectivity index (χ1) is 26.7. The van der Waals surface area contributed by atoms with Crippen molar-refractivity contribution < 1.29 is 9.90 Å². The molecule has 1 N–H and O–H groups in total. The Morgan fingerprint density at radius 1 is 0.259 bits per heavy atom. The molecule has 0 fully saturated rings. The third-order valence-corrected chi connectivity index (χ3v) is 12.7. The van der Waals surface area contributed by atoms with Crippen LogP contribution < -0.4 is 0 Å². The predicted octanol–water partition coefficient (Wildman–Crippen LogP) is 19.5. The van der Waals surface area contributed by atoms with E-state index in [0.717, 1.165) is 25.7 Å². The fourth-order valence-electron chi connectivity index (χ4n) is 8.74. The summed E-state index contributed by atoms with van der Waals surface area (Å²) >= 11 is 0. The Labute approximate surface area is 342 Å². The summed E-state index contributed by atoms with van der Waals surface area (Å²) in [5.74, 6) is -0.652. The molecule has 0 aromatic heterocycles. The van der Waals surface area contributed by atoms with Gasteiger partial charge in [-0.15, -0.1) is 0 Å². The zero-order valence-electron chi connectivity index (χ0n) is 37.9. The monoisotopic (exact) mass is 761 g/mol. The van der Waals surface area contributed by atoms with E-state index in [4.69, 9.17) is 0 Å². The van der Waals surface area contributed by atoms with Gasteiger partial charge in [-0.2, -0.15) is 0 Å². The number of carbonyl (C=O) groups is 1. The fraction of sp³-hybridized carbons (Fsp3) is 0.981. The smallest absolute Gasteiger partial charge is 0.306 e. The second-order valence-corrected chi connectivity index (χ2v) is 18.2. The highest BCUT2D eigenvalue weighted by Crippen LogP contribution is 2.21. The van der Waals surface area contributed by atoms with Crippen molar-refractivity contribution in [3.8, 4) is 0 Å². The number of carboxylic acid groups (broad SMARTS) is 1. The van der Waals surface area contributed by atoms with E-state index in [9.17, 15) is 9.90 Å². The molecule has 0 aromatic carbocycles. The predicted molar refractivity (Wildman–Crippen MR) is 244 cm³/mol. The van der Waals surface area contributed by atoms with Crippen molar-refractivity contribution in [2.24, 2.45) is 5.92 Å². The number of hydrogen-bond acceptors (Lipinski definition) is 1. The Morgan fingerprint density at radius 2 is 0.389 bits per heavy atom. The Morgan fingerprint density at radius 3 is 0.519 bits per heavy atom. The highest BCUT2D eigenvalue weighted by atomic mass is 16.4. The van der Waals surface area contributed by atoms with Crippen LogP contribution in [0.15, 0.2) is 0 Å². The minimum Gasteiger partial charge on any atom is -0.481 e. The molecule has 2 heteroatoms. The van der Waals surface area contributed by atoms with Crippen LogP contribution in [0.2, 0.25) is 0 Å². The van der Waals surface area contributed by atoms with Crippen LogP contribution in [-0.2, 0) is 4.79 Å². The lowest BCUT2D eigenvalue weighted by atomic mass is 9.94. The lowest BCUT2D eigenvalue weighted by Gasteiger charge is -2.12. The van der Waals surface area contributed by atoms with Crippen molar-refractivity contribution in [1.29, 1.82) is 0 Å². The molecule has 0 amide bonds. The quantitative estimate of drug-likeness (QED) is 0.0627. The first kappa shape index (κ1) is 53.5. The molecule has 0 saturated heterocycles. The topological polar surface area (TPSA) is 37.3 Å². The fourth-order valence-corrected chi connectivity index (χ4v) is 8.74. The van der Waals surface area contributed by atoms with Crippen molar-refractivity contribution >= 4 is 5.97 Å². The van der Waals surface area contributed by atoms with Crippen molar-refractivity contribution in [3.05, 3.63) is 0 Å². The van der Waals surface area contributed by atoms with Gasteiger partial charge in [-0.1, -0.05) is 309 Å². The van der Waals surface area contributed by atoms with Crippen LogP contribution in [0.5, 0.6) is 0 Å². The van der Waals surface area contributed by atoms with Gasteiger partial charge in [0.15, 0.2) is 0 Å². The van der Waals surface area contributed by atoms with E-state index in [-0.39, 0.29) is 5.92 Å². The summed E-state index contributed by atoms with van der Waals surface area (Å²) in [7, 11) is 0. The van der Waals surface area contributed by atoms with Crippen LogP contribution in [0, 0.1) is 5.92 Å². The second kappa shape index (κ2) is 48.6. The SMILES string of the molecule is CCCCCCCCCCCCCCCCCCCCCCCCCCCCCCCCCCC(CCCCCCCCCCCCCCCC)C(=O)O. The van der Waals surface area contributed by atoms with Crippen LogP contribution in [-0.4, -0.2) is 11.1 Å². The number of rotatable bonds is 49. The molecule has 0 spiro atoms. The lowest BCUT2D eigenvalue weighted by Crippen LogP contribution is -2.13. The van der Waals surface area contributed by atoms with E-state index in [1.807, 2.05) is 0 Å². The molecule has 0 rings (SSSR count). The van der Waals surface area contributed by atoms with Crippen molar-refractivity contribution in [2.75, 3.05) is 0 Å². The summed E-state index contributed by atoms with van der Waals surface area (Å²) in [5, 5.41) is 9.69. The molecule has 0 radical (unpaired) electrons. The van der Waals surface area contributed by atoms with E-state index in [1.54, 1.807) is 0 Å². The van der Waals surface area contributed by atoms with Gasteiger partial charge < -0.3 is 5.11 Å². The zero-order chi connectivity index (χ0) is 39.1. The van der Waals surface area contributed by atoms with Crippen molar-refractivity contribution in [1.82, 2.24) is 0 Å². The molecule has 324 valence electrons. The van der Waals surface area contributed by atoms with E-state index in [0.29, 0.717) is 0 Å². The maximum Gasteiger partial charge on any atom is 0.306 e. The molecule has 0 bridgehead atoms. The molecule has 0 aliphatic heterocycles. The van der Waals surface area contributed by atoms with Crippen molar-refractivity contribution in [2.45, 2.75) is 322 Å². The van der Waals surface area contributed by atoms with Gasteiger partial charge in [0, 0.05) is 0 Å². The van der Waals surface area contributed by atoms with Crippen LogP contribution >= 0.6 is 0 Å². The van der Waals surface area contributed by atoms with Gasteiger partial charge in [0.2, 0.25) is 0 Å². The van der Waals surface area contributed by atoms with Gasteiger partial charge in [0.25, 0.3) is 0 Å². The van der Waals surface area contributed by atoms with Gasteiger partial charge in [-0.25, -0.2) is 0 Å². The number of hydrogen-bond donors (Lipinski definition) is 1. The van der Waals surface area contributed by atoms with Gasteiger partial charge >= 0.3 is 5.97 Å². The number of aliphatic carboxylic acids is 1. The van der Waals surface area contributed by atoms with Crippen LogP contribution in [0.1, 0.15) is 322 Å².